The minimum absolute atomic E-state index is 0.295. The van der Waals surface area contributed by atoms with Gasteiger partial charge in [0.1, 0.15) is 0 Å². The Morgan fingerprint density at radius 1 is 1.38 bits per heavy atom. The summed E-state index contributed by atoms with van der Waals surface area (Å²) >= 11 is 1.80. The molecule has 0 amide bonds. The van der Waals surface area contributed by atoms with E-state index in [4.69, 9.17) is 5.73 Å². The van der Waals surface area contributed by atoms with Gasteiger partial charge >= 0.3 is 0 Å². The number of rotatable bonds is 4. The van der Waals surface area contributed by atoms with Gasteiger partial charge in [-0.2, -0.15) is 0 Å². The molecule has 0 fully saturated rings. The molecule has 84 valence electrons. The molecule has 0 saturated carbocycles. The van der Waals surface area contributed by atoms with Crippen LogP contribution >= 0.6 is 11.3 Å². The molecule has 0 saturated heterocycles. The summed E-state index contributed by atoms with van der Waals surface area (Å²) in [5.74, 6) is 0. The maximum Gasteiger partial charge on any atom is 0.0348 e. The van der Waals surface area contributed by atoms with E-state index < -0.39 is 0 Å². The smallest absolute Gasteiger partial charge is 0.0348 e. The van der Waals surface area contributed by atoms with E-state index in [-0.39, 0.29) is 0 Å². The van der Waals surface area contributed by atoms with Gasteiger partial charge in [-0.25, -0.2) is 0 Å². The predicted molar refractivity (Wildman–Crippen MR) is 73.7 cm³/mol. The van der Waals surface area contributed by atoms with Gasteiger partial charge in [0, 0.05) is 10.7 Å². The number of thiophene rings is 1. The fraction of sp³-hybridized carbons (Fsp3) is 0.286. The molecule has 2 heteroatoms. The highest BCUT2D eigenvalue weighted by Gasteiger charge is 1.99. The molecule has 0 radical (unpaired) electrons. The van der Waals surface area contributed by atoms with Crippen molar-refractivity contribution in [1.82, 2.24) is 0 Å². The monoisotopic (exact) mass is 231 g/mol. The third kappa shape index (κ3) is 2.71. The van der Waals surface area contributed by atoms with Crippen molar-refractivity contribution in [2.75, 3.05) is 0 Å². The second kappa shape index (κ2) is 5.28. The van der Waals surface area contributed by atoms with Crippen LogP contribution in [0.3, 0.4) is 0 Å². The van der Waals surface area contributed by atoms with Crippen LogP contribution in [0, 0.1) is 0 Å². The molecule has 2 rings (SSSR count). The van der Waals surface area contributed by atoms with E-state index in [0.29, 0.717) is 6.04 Å². The van der Waals surface area contributed by atoms with Gasteiger partial charge in [0.25, 0.3) is 0 Å². The maximum atomic E-state index is 5.71. The van der Waals surface area contributed by atoms with E-state index >= 15 is 0 Å². The second-order valence-electron chi connectivity index (χ2n) is 4.14. The Balaban J connectivity index is 2.09. The van der Waals surface area contributed by atoms with Crippen molar-refractivity contribution in [3.05, 3.63) is 41.3 Å². The fourth-order valence-electron chi connectivity index (χ4n) is 1.70. The molecule has 1 aromatic heterocycles. The Bertz CT molecular complexity index is 482. The minimum Gasteiger partial charge on any atom is -0.328 e. The molecule has 0 aliphatic heterocycles. The normalized spacial score (nSPS) is 13.6. The Labute approximate surface area is 101 Å². The summed E-state index contributed by atoms with van der Waals surface area (Å²) in [6, 6.07) is 8.82. The van der Waals surface area contributed by atoms with Crippen molar-refractivity contribution in [3.8, 4) is 0 Å². The van der Waals surface area contributed by atoms with E-state index in [1.165, 1.54) is 15.6 Å². The molecule has 0 aliphatic rings. The molecule has 0 spiro atoms. The quantitative estimate of drug-likeness (QED) is 0.844. The largest absolute Gasteiger partial charge is 0.328 e. The molecule has 1 unspecified atom stereocenters. The number of allylic oxidation sites excluding steroid dienone is 1. The van der Waals surface area contributed by atoms with Crippen LogP contribution in [0.4, 0.5) is 0 Å². The lowest BCUT2D eigenvalue weighted by atomic mass is 10.1. The number of fused-ring (bicyclic) bond motifs is 1. The van der Waals surface area contributed by atoms with Crippen molar-refractivity contribution in [1.29, 1.82) is 0 Å². The highest BCUT2D eigenvalue weighted by molar-refractivity contribution is 7.17. The van der Waals surface area contributed by atoms with Crippen LogP contribution in [0.15, 0.2) is 35.7 Å². The van der Waals surface area contributed by atoms with Crippen LogP contribution in [0.25, 0.3) is 16.2 Å². The lowest BCUT2D eigenvalue weighted by Crippen LogP contribution is -2.13. The Morgan fingerprint density at radius 3 is 3.00 bits per heavy atom. The third-order valence-electron chi connectivity index (χ3n) is 2.60. The van der Waals surface area contributed by atoms with E-state index in [1.54, 1.807) is 11.3 Å². The highest BCUT2D eigenvalue weighted by atomic mass is 32.1. The molecular formula is C14H17NS. The van der Waals surface area contributed by atoms with Crippen molar-refractivity contribution in [3.63, 3.8) is 0 Å². The van der Waals surface area contributed by atoms with E-state index in [1.807, 2.05) is 6.92 Å². The summed E-state index contributed by atoms with van der Waals surface area (Å²) in [5.41, 5.74) is 7.03. The first-order valence-electron chi connectivity index (χ1n) is 5.66. The van der Waals surface area contributed by atoms with Crippen LogP contribution in [0.1, 0.15) is 25.3 Å². The molecular weight excluding hydrogens is 214 g/mol. The summed E-state index contributed by atoms with van der Waals surface area (Å²) in [6.45, 7) is 2.05. The van der Waals surface area contributed by atoms with Gasteiger partial charge in [0.15, 0.2) is 0 Å². The molecule has 1 heterocycles. The first-order valence-corrected chi connectivity index (χ1v) is 6.53. The Hall–Kier alpha value is -1.12. The highest BCUT2D eigenvalue weighted by Crippen LogP contribution is 2.26. The van der Waals surface area contributed by atoms with Gasteiger partial charge < -0.3 is 5.73 Å². The van der Waals surface area contributed by atoms with Crippen LogP contribution in [0.5, 0.6) is 0 Å². The summed E-state index contributed by atoms with van der Waals surface area (Å²) in [5, 5.41) is 3.57. The van der Waals surface area contributed by atoms with Crippen molar-refractivity contribution >= 4 is 27.5 Å². The summed E-state index contributed by atoms with van der Waals surface area (Å²) in [6.07, 6.45) is 6.54. The topological polar surface area (TPSA) is 26.0 Å². The lowest BCUT2D eigenvalue weighted by molar-refractivity contribution is 0.677. The first-order chi connectivity index (χ1) is 7.77. The number of nitrogens with two attached hydrogens (primary N) is 1. The van der Waals surface area contributed by atoms with Crippen molar-refractivity contribution in [2.24, 2.45) is 5.73 Å². The van der Waals surface area contributed by atoms with Gasteiger partial charge in [-0.3, -0.25) is 0 Å². The van der Waals surface area contributed by atoms with Gasteiger partial charge in [-0.1, -0.05) is 30.4 Å². The molecule has 0 bridgehead atoms. The van der Waals surface area contributed by atoms with Gasteiger partial charge in [0.05, 0.1) is 0 Å². The zero-order valence-electron chi connectivity index (χ0n) is 9.52. The summed E-state index contributed by atoms with van der Waals surface area (Å²) in [4.78, 5) is 0. The molecule has 2 N–H and O–H groups in total. The predicted octanol–water partition coefficient (Wildman–Crippen LogP) is 4.04. The standard InChI is InChI=1S/C14H17NS/c1-11(15)6-2-3-7-12-10-16-14-9-5-4-8-13(12)14/h3-5,7-11H,2,6,15H2,1H3/b7-3+. The van der Waals surface area contributed by atoms with Crippen molar-refractivity contribution in [2.45, 2.75) is 25.8 Å². The molecule has 0 aliphatic carbocycles. The fourth-order valence-corrected chi connectivity index (χ4v) is 2.63. The SMILES string of the molecule is CC(N)CC/C=C/c1csc2ccccc12. The summed E-state index contributed by atoms with van der Waals surface area (Å²) < 4.78 is 1.36. The summed E-state index contributed by atoms with van der Waals surface area (Å²) in [7, 11) is 0. The van der Waals surface area contributed by atoms with E-state index in [2.05, 4.69) is 41.8 Å². The van der Waals surface area contributed by atoms with Gasteiger partial charge in [0.2, 0.25) is 0 Å². The van der Waals surface area contributed by atoms with Crippen LogP contribution in [-0.2, 0) is 0 Å². The zero-order valence-corrected chi connectivity index (χ0v) is 10.3. The third-order valence-corrected chi connectivity index (χ3v) is 3.58. The Morgan fingerprint density at radius 2 is 2.19 bits per heavy atom. The van der Waals surface area contributed by atoms with Crippen LogP contribution in [-0.4, -0.2) is 6.04 Å². The lowest BCUT2D eigenvalue weighted by Gasteiger charge is -1.99. The average molecular weight is 231 g/mol. The molecule has 2 aromatic rings. The number of benzene rings is 1. The second-order valence-corrected chi connectivity index (χ2v) is 5.06. The molecule has 1 nitrogen and oxygen atoms in total. The van der Waals surface area contributed by atoms with Crippen LogP contribution in [0.2, 0.25) is 0 Å². The zero-order chi connectivity index (χ0) is 11.4. The maximum absolute atomic E-state index is 5.71. The van der Waals surface area contributed by atoms with Crippen LogP contribution < -0.4 is 5.73 Å². The first kappa shape index (κ1) is 11.4. The molecule has 16 heavy (non-hydrogen) atoms. The molecule has 1 aromatic carbocycles. The minimum atomic E-state index is 0.295. The Kier molecular flexibility index (Phi) is 3.75. The van der Waals surface area contributed by atoms with Gasteiger partial charge in [-0.05, 0) is 42.2 Å². The molecule has 1 atom stereocenters. The van der Waals surface area contributed by atoms with E-state index in [0.717, 1.165) is 12.8 Å². The van der Waals surface area contributed by atoms with Crippen molar-refractivity contribution < 1.29 is 0 Å². The number of hydrogen-bond acceptors (Lipinski definition) is 2. The van der Waals surface area contributed by atoms with E-state index in [9.17, 15) is 0 Å². The number of hydrogen-bond donors (Lipinski definition) is 1. The van der Waals surface area contributed by atoms with Gasteiger partial charge in [-0.15, -0.1) is 11.3 Å². The average Bonchev–Trinajstić information content (AvgIpc) is 2.68.